The van der Waals surface area contributed by atoms with Gasteiger partial charge in [-0.1, -0.05) is 30.0 Å². The van der Waals surface area contributed by atoms with E-state index in [0.717, 1.165) is 11.4 Å². The standard InChI is InChI=1S/C16H14N4O2S/c1-22-14-9-7-12(8-10-14)15(21)11-23-16-17-18-19-20(16)13-5-3-2-4-6-13/h2-10H,11H2,1H3. The summed E-state index contributed by atoms with van der Waals surface area (Å²) in [4.78, 5) is 12.2. The Morgan fingerprint density at radius 3 is 2.57 bits per heavy atom. The number of ether oxygens (including phenoxy) is 1. The van der Waals surface area contributed by atoms with Crippen molar-refractivity contribution in [1.82, 2.24) is 20.2 Å². The van der Waals surface area contributed by atoms with E-state index in [2.05, 4.69) is 15.5 Å². The zero-order valence-electron chi connectivity index (χ0n) is 12.4. The van der Waals surface area contributed by atoms with Crippen molar-refractivity contribution >= 4 is 17.5 Å². The lowest BCUT2D eigenvalue weighted by Gasteiger charge is -2.04. The van der Waals surface area contributed by atoms with Crippen LogP contribution in [0.1, 0.15) is 10.4 Å². The van der Waals surface area contributed by atoms with Gasteiger partial charge in [-0.15, -0.1) is 5.10 Å². The van der Waals surface area contributed by atoms with Crippen LogP contribution in [0.3, 0.4) is 0 Å². The van der Waals surface area contributed by atoms with E-state index in [1.54, 1.807) is 36.1 Å². The molecule has 0 fully saturated rings. The van der Waals surface area contributed by atoms with Crippen molar-refractivity contribution in [3.05, 3.63) is 60.2 Å². The Hall–Kier alpha value is -2.67. The highest BCUT2D eigenvalue weighted by atomic mass is 32.2. The van der Waals surface area contributed by atoms with E-state index in [4.69, 9.17) is 4.74 Å². The molecule has 0 aliphatic rings. The number of hydrogen-bond acceptors (Lipinski definition) is 6. The van der Waals surface area contributed by atoms with Crippen LogP contribution in [0.5, 0.6) is 5.75 Å². The van der Waals surface area contributed by atoms with Crippen LogP contribution in [0.25, 0.3) is 5.69 Å². The average molecular weight is 326 g/mol. The SMILES string of the molecule is COc1ccc(C(=O)CSc2nnnn2-c2ccccc2)cc1. The van der Waals surface area contributed by atoms with Crippen molar-refractivity contribution in [3.8, 4) is 11.4 Å². The Morgan fingerprint density at radius 1 is 1.13 bits per heavy atom. The molecule has 0 amide bonds. The van der Waals surface area contributed by atoms with Crippen LogP contribution >= 0.6 is 11.8 Å². The Kier molecular flexibility index (Phi) is 4.68. The van der Waals surface area contributed by atoms with Crippen LogP contribution in [0, 0.1) is 0 Å². The van der Waals surface area contributed by atoms with Crippen molar-refractivity contribution in [2.24, 2.45) is 0 Å². The molecule has 3 aromatic rings. The van der Waals surface area contributed by atoms with Gasteiger partial charge in [0.15, 0.2) is 5.78 Å². The molecule has 116 valence electrons. The first-order valence-electron chi connectivity index (χ1n) is 6.92. The third-order valence-electron chi connectivity index (χ3n) is 3.19. The van der Waals surface area contributed by atoms with Crippen molar-refractivity contribution in [3.63, 3.8) is 0 Å². The highest BCUT2D eigenvalue weighted by molar-refractivity contribution is 7.99. The molecular weight excluding hydrogens is 312 g/mol. The Morgan fingerprint density at radius 2 is 1.87 bits per heavy atom. The van der Waals surface area contributed by atoms with Crippen LogP contribution in [0.2, 0.25) is 0 Å². The summed E-state index contributed by atoms with van der Waals surface area (Å²) in [5.41, 5.74) is 1.49. The maximum absolute atomic E-state index is 12.2. The minimum absolute atomic E-state index is 0.0141. The Balaban J connectivity index is 1.69. The summed E-state index contributed by atoms with van der Waals surface area (Å²) in [6.07, 6.45) is 0. The number of hydrogen-bond donors (Lipinski definition) is 0. The summed E-state index contributed by atoms with van der Waals surface area (Å²) in [5.74, 6) is 1.00. The minimum atomic E-state index is 0.0141. The van der Waals surface area contributed by atoms with Gasteiger partial charge < -0.3 is 4.74 Å². The van der Waals surface area contributed by atoms with Crippen LogP contribution in [-0.4, -0.2) is 38.9 Å². The third-order valence-corrected chi connectivity index (χ3v) is 4.11. The molecule has 0 unspecified atom stereocenters. The second-order valence-corrected chi connectivity index (χ2v) is 5.59. The van der Waals surface area contributed by atoms with E-state index in [1.807, 2.05) is 30.3 Å². The molecule has 0 aliphatic carbocycles. The van der Waals surface area contributed by atoms with E-state index in [-0.39, 0.29) is 11.5 Å². The van der Waals surface area contributed by atoms with Gasteiger partial charge in [-0.3, -0.25) is 4.79 Å². The number of para-hydroxylation sites is 1. The van der Waals surface area contributed by atoms with E-state index in [1.165, 1.54) is 11.8 Å². The van der Waals surface area contributed by atoms with Gasteiger partial charge in [-0.05, 0) is 46.8 Å². The van der Waals surface area contributed by atoms with Crippen molar-refractivity contribution in [1.29, 1.82) is 0 Å². The number of thioether (sulfide) groups is 1. The predicted octanol–water partition coefficient (Wildman–Crippen LogP) is 2.65. The van der Waals surface area contributed by atoms with Gasteiger partial charge in [0.05, 0.1) is 18.6 Å². The van der Waals surface area contributed by atoms with Gasteiger partial charge in [-0.2, -0.15) is 4.68 Å². The summed E-state index contributed by atoms with van der Waals surface area (Å²) in [6.45, 7) is 0. The topological polar surface area (TPSA) is 69.9 Å². The molecule has 0 saturated heterocycles. The molecule has 7 heteroatoms. The van der Waals surface area contributed by atoms with Gasteiger partial charge in [0.25, 0.3) is 0 Å². The molecule has 0 spiro atoms. The number of aromatic nitrogens is 4. The van der Waals surface area contributed by atoms with Crippen LogP contribution in [-0.2, 0) is 0 Å². The van der Waals surface area contributed by atoms with Crippen molar-refractivity contribution < 1.29 is 9.53 Å². The number of carbonyl (C=O) groups excluding carboxylic acids is 1. The number of carbonyl (C=O) groups is 1. The molecular formula is C16H14N4O2S. The summed E-state index contributed by atoms with van der Waals surface area (Å²) in [5, 5.41) is 12.2. The predicted molar refractivity (Wildman–Crippen MR) is 87.2 cm³/mol. The zero-order valence-corrected chi connectivity index (χ0v) is 13.2. The molecule has 0 bridgehead atoms. The van der Waals surface area contributed by atoms with E-state index in [0.29, 0.717) is 10.7 Å². The molecule has 1 aromatic heterocycles. The smallest absolute Gasteiger partial charge is 0.214 e. The highest BCUT2D eigenvalue weighted by Crippen LogP contribution is 2.20. The van der Waals surface area contributed by atoms with Crippen LogP contribution in [0.4, 0.5) is 0 Å². The summed E-state index contributed by atoms with van der Waals surface area (Å²) >= 11 is 1.31. The lowest BCUT2D eigenvalue weighted by molar-refractivity contribution is 0.102. The lowest BCUT2D eigenvalue weighted by atomic mass is 10.1. The molecule has 2 aromatic carbocycles. The zero-order chi connectivity index (χ0) is 16.1. The molecule has 0 aliphatic heterocycles. The molecule has 23 heavy (non-hydrogen) atoms. The molecule has 6 nitrogen and oxygen atoms in total. The fourth-order valence-corrected chi connectivity index (χ4v) is 2.78. The average Bonchev–Trinajstić information content (AvgIpc) is 3.09. The van der Waals surface area contributed by atoms with Crippen molar-refractivity contribution in [2.45, 2.75) is 5.16 Å². The minimum Gasteiger partial charge on any atom is -0.497 e. The first-order chi connectivity index (χ1) is 11.3. The van der Waals surface area contributed by atoms with Crippen LogP contribution in [0.15, 0.2) is 59.8 Å². The largest absolute Gasteiger partial charge is 0.497 e. The second-order valence-electron chi connectivity index (χ2n) is 4.65. The van der Waals surface area contributed by atoms with Crippen LogP contribution < -0.4 is 4.74 Å². The Labute approximate surface area is 137 Å². The summed E-state index contributed by atoms with van der Waals surface area (Å²) in [7, 11) is 1.59. The summed E-state index contributed by atoms with van der Waals surface area (Å²) < 4.78 is 6.70. The van der Waals surface area contributed by atoms with Gasteiger partial charge in [0, 0.05) is 5.56 Å². The van der Waals surface area contributed by atoms with E-state index in [9.17, 15) is 4.79 Å². The first kappa shape index (κ1) is 15.2. The number of benzene rings is 2. The molecule has 0 atom stereocenters. The lowest BCUT2D eigenvalue weighted by Crippen LogP contribution is -2.05. The summed E-state index contributed by atoms with van der Waals surface area (Å²) in [6, 6.07) is 16.6. The number of nitrogens with zero attached hydrogens (tertiary/aromatic N) is 4. The number of Topliss-reactive ketones (excluding diaryl/α,β-unsaturated/α-hetero) is 1. The second kappa shape index (κ2) is 7.06. The number of methoxy groups -OCH3 is 1. The molecule has 3 rings (SSSR count). The molecule has 0 saturated carbocycles. The number of tetrazole rings is 1. The van der Waals surface area contributed by atoms with Crippen molar-refractivity contribution in [2.75, 3.05) is 12.9 Å². The highest BCUT2D eigenvalue weighted by Gasteiger charge is 2.12. The van der Waals surface area contributed by atoms with Gasteiger partial charge >= 0.3 is 0 Å². The third kappa shape index (κ3) is 3.57. The monoisotopic (exact) mass is 326 g/mol. The maximum atomic E-state index is 12.2. The van der Waals surface area contributed by atoms with E-state index < -0.39 is 0 Å². The fourth-order valence-electron chi connectivity index (χ4n) is 1.99. The first-order valence-corrected chi connectivity index (χ1v) is 7.90. The molecule has 0 N–H and O–H groups in total. The normalized spacial score (nSPS) is 10.5. The van der Waals surface area contributed by atoms with E-state index >= 15 is 0 Å². The number of rotatable bonds is 6. The van der Waals surface area contributed by atoms with Gasteiger partial charge in [0.2, 0.25) is 5.16 Å². The number of ketones is 1. The fraction of sp³-hybridized carbons (Fsp3) is 0.125. The van der Waals surface area contributed by atoms with Gasteiger partial charge in [0.1, 0.15) is 5.75 Å². The van der Waals surface area contributed by atoms with Gasteiger partial charge in [-0.25, -0.2) is 0 Å². The molecule has 1 heterocycles. The quantitative estimate of drug-likeness (QED) is 0.512. The molecule has 0 radical (unpaired) electrons. The Bertz CT molecular complexity index is 787. The maximum Gasteiger partial charge on any atom is 0.214 e.